The molecule has 0 aliphatic heterocycles. The maximum atomic E-state index is 11.6. The number of ketones is 2. The first-order chi connectivity index (χ1) is 12.6. The molecule has 0 fully saturated rings. The number of halogens is 1. The van der Waals surface area contributed by atoms with Gasteiger partial charge in [-0.05, 0) is 56.2 Å². The fraction of sp³-hybridized carbons (Fsp3) is 0.364. The normalized spacial score (nSPS) is 16.5. The van der Waals surface area contributed by atoms with Crippen LogP contribution in [0.5, 0.6) is 5.75 Å². The molecule has 0 heterocycles. The Morgan fingerprint density at radius 1 is 0.692 bits per heavy atom. The lowest BCUT2D eigenvalue weighted by Crippen LogP contribution is -2.00. The van der Waals surface area contributed by atoms with Crippen LogP contribution >= 0.6 is 15.9 Å². The molecular formula is C22H23BrO3. The van der Waals surface area contributed by atoms with E-state index in [2.05, 4.69) is 15.9 Å². The Balaban J connectivity index is 0.000000151. The van der Waals surface area contributed by atoms with Gasteiger partial charge < -0.3 is 5.11 Å². The van der Waals surface area contributed by atoms with Crippen LogP contribution in [0.4, 0.5) is 0 Å². The van der Waals surface area contributed by atoms with Crippen molar-refractivity contribution in [3.05, 3.63) is 63.1 Å². The van der Waals surface area contributed by atoms with Crippen LogP contribution in [0.3, 0.4) is 0 Å². The molecule has 4 heteroatoms. The van der Waals surface area contributed by atoms with Gasteiger partial charge in [0.25, 0.3) is 0 Å². The number of phenols is 1. The van der Waals surface area contributed by atoms with Crippen molar-refractivity contribution < 1.29 is 14.7 Å². The van der Waals surface area contributed by atoms with E-state index in [0.29, 0.717) is 18.6 Å². The lowest BCUT2D eigenvalue weighted by molar-refractivity contribution is 0.0974. The van der Waals surface area contributed by atoms with Gasteiger partial charge in [-0.25, -0.2) is 0 Å². The van der Waals surface area contributed by atoms with Gasteiger partial charge in [0, 0.05) is 34.0 Å². The average molecular weight is 415 g/mol. The summed E-state index contributed by atoms with van der Waals surface area (Å²) in [4.78, 5) is 23.2. The third kappa shape index (κ3) is 4.24. The predicted octanol–water partition coefficient (Wildman–Crippen LogP) is 5.66. The van der Waals surface area contributed by atoms with E-state index in [1.165, 1.54) is 5.56 Å². The maximum Gasteiger partial charge on any atom is 0.163 e. The van der Waals surface area contributed by atoms with Crippen LogP contribution in [0.2, 0.25) is 0 Å². The van der Waals surface area contributed by atoms with E-state index < -0.39 is 0 Å². The Kier molecular flexibility index (Phi) is 6.25. The second-order valence-electron chi connectivity index (χ2n) is 6.83. The van der Waals surface area contributed by atoms with Crippen molar-refractivity contribution in [2.75, 3.05) is 0 Å². The highest BCUT2D eigenvalue weighted by Gasteiger charge is 2.17. The van der Waals surface area contributed by atoms with Crippen molar-refractivity contribution in [2.24, 2.45) is 0 Å². The van der Waals surface area contributed by atoms with E-state index in [-0.39, 0.29) is 11.5 Å². The summed E-state index contributed by atoms with van der Waals surface area (Å²) in [5.74, 6) is 0.741. The highest BCUT2D eigenvalue weighted by molar-refractivity contribution is 9.10. The summed E-state index contributed by atoms with van der Waals surface area (Å²) in [7, 11) is 0. The molecule has 2 aliphatic carbocycles. The van der Waals surface area contributed by atoms with Gasteiger partial charge in [-0.1, -0.05) is 40.2 Å². The smallest absolute Gasteiger partial charge is 0.163 e. The minimum Gasteiger partial charge on any atom is -0.508 e. The molecule has 0 atom stereocenters. The molecule has 0 bridgehead atoms. The van der Waals surface area contributed by atoms with Gasteiger partial charge in [0.2, 0.25) is 0 Å². The van der Waals surface area contributed by atoms with Crippen LogP contribution in [-0.4, -0.2) is 16.7 Å². The summed E-state index contributed by atoms with van der Waals surface area (Å²) < 4.78 is 1.08. The van der Waals surface area contributed by atoms with Gasteiger partial charge in [0.15, 0.2) is 11.6 Å². The molecule has 0 aromatic heterocycles. The lowest BCUT2D eigenvalue weighted by atomic mass is 10.0. The molecule has 3 nitrogen and oxygen atoms in total. The minimum absolute atomic E-state index is 0.170. The van der Waals surface area contributed by atoms with Crippen LogP contribution in [0.25, 0.3) is 0 Å². The van der Waals surface area contributed by atoms with Crippen molar-refractivity contribution in [1.82, 2.24) is 0 Å². The highest BCUT2D eigenvalue weighted by Crippen LogP contribution is 2.28. The van der Waals surface area contributed by atoms with Gasteiger partial charge in [-0.2, -0.15) is 0 Å². The van der Waals surface area contributed by atoms with Crippen molar-refractivity contribution in [2.45, 2.75) is 51.4 Å². The number of Topliss-reactive ketones (excluding diaryl/α,β-unsaturated/α-hetero) is 2. The first-order valence-corrected chi connectivity index (χ1v) is 10.0. The summed E-state index contributed by atoms with van der Waals surface area (Å²) in [6.07, 6.45) is 7.28. The second kappa shape index (κ2) is 8.63. The zero-order chi connectivity index (χ0) is 18.5. The molecule has 0 saturated heterocycles. The Bertz CT molecular complexity index is 757. The fourth-order valence-corrected chi connectivity index (χ4v) is 4.18. The zero-order valence-electron chi connectivity index (χ0n) is 14.8. The number of phenolic OH excluding ortho intramolecular Hbond substituents is 1. The fourth-order valence-electron chi connectivity index (χ4n) is 3.62. The van der Waals surface area contributed by atoms with Gasteiger partial charge in [0.1, 0.15) is 5.75 Å². The topological polar surface area (TPSA) is 54.4 Å². The quantitative estimate of drug-likeness (QED) is 0.565. The summed E-state index contributed by atoms with van der Waals surface area (Å²) in [5, 5.41) is 9.55. The molecule has 0 unspecified atom stereocenters. The SMILES string of the molecule is O=C1CCCCc2c(Br)cccc21.O=C1CCCCc2c(O)cccc21. The molecule has 0 saturated carbocycles. The molecule has 0 spiro atoms. The van der Waals surface area contributed by atoms with E-state index in [1.807, 2.05) is 24.3 Å². The van der Waals surface area contributed by atoms with Gasteiger partial charge >= 0.3 is 0 Å². The molecule has 26 heavy (non-hydrogen) atoms. The monoisotopic (exact) mass is 414 g/mol. The number of benzene rings is 2. The Hall–Kier alpha value is -1.94. The Labute approximate surface area is 162 Å². The third-order valence-electron chi connectivity index (χ3n) is 5.03. The Morgan fingerprint density at radius 2 is 1.19 bits per heavy atom. The van der Waals surface area contributed by atoms with Gasteiger partial charge in [-0.15, -0.1) is 0 Å². The van der Waals surface area contributed by atoms with E-state index >= 15 is 0 Å². The standard InChI is InChI=1S/C11H11BrO.C11H12O2/c12-10-6-3-5-9-8(10)4-1-2-7-11(9)13;12-10-6-2-1-4-8-9(10)5-3-7-11(8)13/h3,5-6H,1-2,4,7H2;3,5,7,13H,1-2,4,6H2. The van der Waals surface area contributed by atoms with Crippen molar-refractivity contribution in [3.63, 3.8) is 0 Å². The molecular weight excluding hydrogens is 392 g/mol. The summed E-state index contributed by atoms with van der Waals surface area (Å²) in [6, 6.07) is 11.1. The first-order valence-electron chi connectivity index (χ1n) is 9.22. The number of rotatable bonds is 0. The molecule has 2 aliphatic rings. The highest BCUT2D eigenvalue weighted by atomic mass is 79.9. The van der Waals surface area contributed by atoms with E-state index in [9.17, 15) is 14.7 Å². The van der Waals surface area contributed by atoms with Crippen LogP contribution < -0.4 is 0 Å². The first kappa shape index (κ1) is 18.8. The number of carbonyl (C=O) groups is 2. The van der Waals surface area contributed by atoms with Crippen LogP contribution in [0, 0.1) is 0 Å². The largest absolute Gasteiger partial charge is 0.508 e. The third-order valence-corrected chi connectivity index (χ3v) is 5.78. The second-order valence-corrected chi connectivity index (χ2v) is 7.68. The van der Waals surface area contributed by atoms with Crippen LogP contribution in [0.1, 0.15) is 70.4 Å². The summed E-state index contributed by atoms with van der Waals surface area (Å²) >= 11 is 3.49. The Morgan fingerprint density at radius 3 is 1.85 bits per heavy atom. The molecule has 0 radical (unpaired) electrons. The molecule has 4 rings (SSSR count). The van der Waals surface area contributed by atoms with Crippen molar-refractivity contribution in [1.29, 1.82) is 0 Å². The van der Waals surface area contributed by atoms with Gasteiger partial charge in [-0.3, -0.25) is 9.59 Å². The van der Waals surface area contributed by atoms with Crippen LogP contribution in [0.15, 0.2) is 40.9 Å². The lowest BCUT2D eigenvalue weighted by Gasteiger charge is -2.05. The number of aromatic hydroxyl groups is 1. The molecule has 2 aromatic carbocycles. The summed E-state index contributed by atoms with van der Waals surface area (Å²) in [6.45, 7) is 0. The minimum atomic E-state index is 0.170. The van der Waals surface area contributed by atoms with E-state index in [0.717, 1.165) is 59.7 Å². The summed E-state index contributed by atoms with van der Waals surface area (Å²) in [5.41, 5.74) is 3.68. The van der Waals surface area contributed by atoms with Crippen molar-refractivity contribution in [3.8, 4) is 5.75 Å². The number of fused-ring (bicyclic) bond motifs is 2. The van der Waals surface area contributed by atoms with Crippen LogP contribution in [-0.2, 0) is 12.8 Å². The predicted molar refractivity (Wildman–Crippen MR) is 106 cm³/mol. The number of hydrogen-bond acceptors (Lipinski definition) is 3. The average Bonchev–Trinajstić information content (AvgIpc) is 2.94. The molecule has 136 valence electrons. The number of carbonyl (C=O) groups excluding carboxylic acids is 2. The van der Waals surface area contributed by atoms with Crippen molar-refractivity contribution >= 4 is 27.5 Å². The van der Waals surface area contributed by atoms with E-state index in [1.54, 1.807) is 12.1 Å². The van der Waals surface area contributed by atoms with Gasteiger partial charge in [0.05, 0.1) is 0 Å². The maximum absolute atomic E-state index is 11.6. The molecule has 1 N–H and O–H groups in total. The molecule has 2 aromatic rings. The number of hydrogen-bond donors (Lipinski definition) is 1. The zero-order valence-corrected chi connectivity index (χ0v) is 16.3. The van der Waals surface area contributed by atoms with E-state index in [4.69, 9.17) is 0 Å². The molecule has 0 amide bonds.